The van der Waals surface area contributed by atoms with Crippen molar-refractivity contribution in [2.75, 3.05) is 0 Å². The minimum atomic E-state index is -0.618. The molecule has 0 saturated carbocycles. The normalized spacial score (nSPS) is 10.9. The van der Waals surface area contributed by atoms with Crippen molar-refractivity contribution in [3.05, 3.63) is 92.0 Å². The Balaban J connectivity index is 1.90. The zero-order valence-corrected chi connectivity index (χ0v) is 16.9. The van der Waals surface area contributed by atoms with Gasteiger partial charge in [-0.1, -0.05) is 30.3 Å². The van der Waals surface area contributed by atoms with Crippen LogP contribution in [0.25, 0.3) is 22.0 Å². The molecule has 0 aliphatic rings. The molecule has 0 aliphatic carbocycles. The molecule has 0 atom stereocenters. The molecule has 4 aromatic heterocycles. The summed E-state index contributed by atoms with van der Waals surface area (Å²) < 4.78 is 2.59. The molecule has 0 saturated heterocycles. The average Bonchev–Trinajstić information content (AvgIpc) is 3.54. The molecule has 5 rings (SSSR count). The Hall–Kier alpha value is -3.87. The number of fused-ring (bicyclic) bond motifs is 1. The molecule has 144 valence electrons. The number of carbonyl (C=O) groups excluding carboxylic acids is 1. The number of carbonyl (C=O) groups is 1. The molecule has 30 heavy (non-hydrogen) atoms. The van der Waals surface area contributed by atoms with Gasteiger partial charge in [0.15, 0.2) is 0 Å². The molecule has 0 fully saturated rings. The molecule has 5 aromatic rings. The fraction of sp³-hybridized carbons (Fsp3) is 0. The van der Waals surface area contributed by atoms with Crippen molar-refractivity contribution in [3.8, 4) is 22.3 Å². The van der Waals surface area contributed by atoms with Crippen LogP contribution >= 0.6 is 22.7 Å². The first-order valence-electron chi connectivity index (χ1n) is 8.82. The highest BCUT2D eigenvalue weighted by Crippen LogP contribution is 2.26. The van der Waals surface area contributed by atoms with Crippen LogP contribution in [0.3, 0.4) is 0 Å². The Kier molecular flexibility index (Phi) is 4.35. The molecule has 0 spiro atoms. The van der Waals surface area contributed by atoms with E-state index in [0.717, 1.165) is 4.40 Å². The second-order valence-electron chi connectivity index (χ2n) is 6.24. The minimum absolute atomic E-state index is 0.0805. The maximum absolute atomic E-state index is 13.3. The number of rotatable bonds is 4. The Morgan fingerprint density at radius 2 is 1.77 bits per heavy atom. The summed E-state index contributed by atoms with van der Waals surface area (Å²) in [4.78, 5) is 32.2. The predicted octanol–water partition coefficient (Wildman–Crippen LogP) is 3.77. The zero-order chi connectivity index (χ0) is 20.7. The van der Waals surface area contributed by atoms with Gasteiger partial charge in [0, 0.05) is 0 Å². The lowest BCUT2D eigenvalue weighted by Gasteiger charge is -2.05. The lowest BCUT2D eigenvalue weighted by atomic mass is 10.2. The van der Waals surface area contributed by atoms with Crippen LogP contribution in [-0.2, 0) is 0 Å². The summed E-state index contributed by atoms with van der Waals surface area (Å²) in [6.07, 6.45) is 0. The first kappa shape index (κ1) is 18.2. The van der Waals surface area contributed by atoms with Crippen LogP contribution in [0.15, 0.2) is 70.2 Å². The summed E-state index contributed by atoms with van der Waals surface area (Å²) in [5, 5.41) is 17.8. The zero-order valence-electron chi connectivity index (χ0n) is 15.2. The van der Waals surface area contributed by atoms with E-state index in [1.165, 1.54) is 27.4 Å². The van der Waals surface area contributed by atoms with Gasteiger partial charge in [0.05, 0.1) is 15.4 Å². The fourth-order valence-corrected chi connectivity index (χ4v) is 4.51. The third kappa shape index (κ3) is 2.78. The molecular weight excluding hydrogens is 418 g/mol. The molecule has 0 amide bonds. The molecule has 1 aromatic carbocycles. The smallest absolute Gasteiger partial charge is 0.279 e. The quantitative estimate of drug-likeness (QED) is 0.406. The molecule has 0 N–H and O–H groups in total. The predicted molar refractivity (Wildman–Crippen MR) is 114 cm³/mol. The van der Waals surface area contributed by atoms with E-state index in [1.807, 2.05) is 47.8 Å². The van der Waals surface area contributed by atoms with Crippen LogP contribution in [0.2, 0.25) is 0 Å². The van der Waals surface area contributed by atoms with Crippen molar-refractivity contribution < 1.29 is 4.79 Å². The number of hydrogen-bond acceptors (Lipinski definition) is 7. The van der Waals surface area contributed by atoms with Crippen LogP contribution in [0, 0.1) is 11.3 Å². The molecule has 0 radical (unpaired) electrons. The van der Waals surface area contributed by atoms with Gasteiger partial charge in [0.25, 0.3) is 5.56 Å². The summed E-state index contributed by atoms with van der Waals surface area (Å²) in [7, 11) is 0. The van der Waals surface area contributed by atoms with Crippen LogP contribution in [0.1, 0.15) is 21.1 Å². The number of nitrogens with zero attached hydrogens (tertiary/aromatic N) is 5. The van der Waals surface area contributed by atoms with Crippen LogP contribution < -0.4 is 5.56 Å². The molecule has 4 heterocycles. The lowest BCUT2D eigenvalue weighted by Crippen LogP contribution is -2.22. The Morgan fingerprint density at radius 3 is 2.43 bits per heavy atom. The molecular formula is C21H11N5O2S2. The first-order valence-corrected chi connectivity index (χ1v) is 10.6. The molecule has 9 heteroatoms. The highest BCUT2D eigenvalue weighted by molar-refractivity contribution is 7.13. The van der Waals surface area contributed by atoms with Crippen molar-refractivity contribution >= 4 is 34.2 Å². The van der Waals surface area contributed by atoms with Crippen LogP contribution in [-0.4, -0.2) is 24.9 Å². The fourth-order valence-electron chi connectivity index (χ4n) is 3.13. The molecule has 0 unspecified atom stereocenters. The van der Waals surface area contributed by atoms with E-state index in [0.29, 0.717) is 15.4 Å². The topological polar surface area (TPSA) is 93.0 Å². The van der Waals surface area contributed by atoms with Crippen LogP contribution in [0.5, 0.6) is 0 Å². The first-order chi connectivity index (χ1) is 14.7. The second-order valence-corrected chi connectivity index (χ2v) is 8.14. The van der Waals surface area contributed by atoms with Gasteiger partial charge in [-0.15, -0.1) is 27.8 Å². The summed E-state index contributed by atoms with van der Waals surface area (Å²) in [5.41, 5.74) is 0.189. The SMILES string of the molecule is N#Cc1c(-c2cccs2)nc2n(-c3ccccc3)nc(C(=O)c3cccs3)n2c1=O. The van der Waals surface area contributed by atoms with Gasteiger partial charge in [0.2, 0.25) is 17.4 Å². The van der Waals surface area contributed by atoms with E-state index >= 15 is 0 Å². The van der Waals surface area contributed by atoms with Crippen LogP contribution in [0.4, 0.5) is 0 Å². The van der Waals surface area contributed by atoms with Gasteiger partial charge >= 0.3 is 0 Å². The Morgan fingerprint density at radius 1 is 1.00 bits per heavy atom. The highest BCUT2D eigenvalue weighted by atomic mass is 32.1. The maximum Gasteiger partial charge on any atom is 0.279 e. The summed E-state index contributed by atoms with van der Waals surface area (Å²) in [6, 6.07) is 18.1. The van der Waals surface area contributed by atoms with E-state index in [-0.39, 0.29) is 22.9 Å². The standard InChI is InChI=1S/C21H11N5O2S2/c22-12-14-17(15-8-4-10-29-15)23-21-25(20(14)28)19(18(27)16-9-5-11-30-16)24-26(21)13-6-2-1-3-7-13/h1-11H. The van der Waals surface area contributed by atoms with Gasteiger partial charge in [-0.3, -0.25) is 9.59 Å². The average molecular weight is 429 g/mol. The van der Waals surface area contributed by atoms with Gasteiger partial charge in [-0.05, 0) is 35.0 Å². The van der Waals surface area contributed by atoms with Gasteiger partial charge in [0.1, 0.15) is 17.3 Å². The summed E-state index contributed by atoms with van der Waals surface area (Å²) >= 11 is 2.64. The van der Waals surface area contributed by atoms with Crippen molar-refractivity contribution in [2.45, 2.75) is 0 Å². The van der Waals surface area contributed by atoms with E-state index < -0.39 is 11.3 Å². The van der Waals surface area contributed by atoms with Crippen molar-refractivity contribution in [2.24, 2.45) is 0 Å². The number of thiophene rings is 2. The number of aromatic nitrogens is 4. The van der Waals surface area contributed by atoms with E-state index in [1.54, 1.807) is 23.6 Å². The number of hydrogen-bond donors (Lipinski definition) is 0. The van der Waals surface area contributed by atoms with Crippen molar-refractivity contribution in [1.29, 1.82) is 5.26 Å². The lowest BCUT2D eigenvalue weighted by molar-refractivity contribution is 0.103. The van der Waals surface area contributed by atoms with E-state index in [9.17, 15) is 14.9 Å². The molecule has 0 aliphatic heterocycles. The van der Waals surface area contributed by atoms with Crippen molar-refractivity contribution in [1.82, 2.24) is 19.2 Å². The third-order valence-electron chi connectivity index (χ3n) is 4.48. The monoisotopic (exact) mass is 429 g/mol. The van der Waals surface area contributed by atoms with Gasteiger partial charge in [-0.25, -0.2) is 9.38 Å². The Labute approximate surface area is 177 Å². The van der Waals surface area contributed by atoms with Gasteiger partial charge in [-0.2, -0.15) is 9.94 Å². The van der Waals surface area contributed by atoms with E-state index in [2.05, 4.69) is 10.1 Å². The number of benzene rings is 1. The molecule has 0 bridgehead atoms. The third-order valence-corrected chi connectivity index (χ3v) is 6.22. The minimum Gasteiger partial charge on any atom is -0.284 e. The molecule has 7 nitrogen and oxygen atoms in total. The van der Waals surface area contributed by atoms with Gasteiger partial charge < -0.3 is 0 Å². The van der Waals surface area contributed by atoms with E-state index in [4.69, 9.17) is 0 Å². The summed E-state index contributed by atoms with van der Waals surface area (Å²) in [6.45, 7) is 0. The number of nitriles is 1. The Bertz CT molecular complexity index is 1470. The van der Waals surface area contributed by atoms with Crippen molar-refractivity contribution in [3.63, 3.8) is 0 Å². The number of para-hydroxylation sites is 1. The largest absolute Gasteiger partial charge is 0.284 e. The highest BCUT2D eigenvalue weighted by Gasteiger charge is 2.26. The maximum atomic E-state index is 13.3. The second kappa shape index (κ2) is 7.18. The summed E-state index contributed by atoms with van der Waals surface area (Å²) in [5.74, 6) is -0.308. The number of ketones is 1.